The molecule has 1 aromatic heterocycles. The molecule has 4 nitrogen and oxygen atoms in total. The minimum absolute atomic E-state index is 0.133. The Morgan fingerprint density at radius 1 is 1.64 bits per heavy atom. The van der Waals surface area contributed by atoms with Gasteiger partial charge in [0.25, 0.3) is 6.43 Å². The van der Waals surface area contributed by atoms with Gasteiger partial charge in [-0.1, -0.05) is 0 Å². The van der Waals surface area contributed by atoms with E-state index in [2.05, 4.69) is 4.98 Å². The Balaban J connectivity index is 2.94. The van der Waals surface area contributed by atoms with Crippen LogP contribution in [0.4, 0.5) is 14.5 Å². The van der Waals surface area contributed by atoms with Crippen LogP contribution in [0.25, 0.3) is 0 Å². The lowest BCUT2D eigenvalue weighted by atomic mass is 10.2. The summed E-state index contributed by atoms with van der Waals surface area (Å²) >= 11 is 0. The van der Waals surface area contributed by atoms with Crippen molar-refractivity contribution < 1.29 is 18.7 Å². The molecule has 0 bridgehead atoms. The number of nitrogens with two attached hydrogens (primary N) is 1. The molecule has 0 spiro atoms. The van der Waals surface area contributed by atoms with Gasteiger partial charge in [0, 0.05) is 11.9 Å². The molecule has 0 amide bonds. The number of aliphatic carboxylic acids is 1. The maximum Gasteiger partial charge on any atom is 0.309 e. The van der Waals surface area contributed by atoms with Crippen LogP contribution >= 0.6 is 0 Å². The highest BCUT2D eigenvalue weighted by molar-refractivity contribution is 5.70. The number of hydrogen-bond donors (Lipinski definition) is 2. The van der Waals surface area contributed by atoms with Crippen LogP contribution in [0.5, 0.6) is 0 Å². The van der Waals surface area contributed by atoms with Crippen LogP contribution in [-0.4, -0.2) is 16.1 Å². The maximum absolute atomic E-state index is 12.2. The summed E-state index contributed by atoms with van der Waals surface area (Å²) in [6.07, 6.45) is -2.12. The zero-order chi connectivity index (χ0) is 10.7. The van der Waals surface area contributed by atoms with Gasteiger partial charge in [-0.25, -0.2) is 8.78 Å². The van der Waals surface area contributed by atoms with Crippen molar-refractivity contribution >= 4 is 11.7 Å². The molecule has 0 radical (unpaired) electrons. The first kappa shape index (κ1) is 10.4. The van der Waals surface area contributed by atoms with E-state index in [1.165, 1.54) is 0 Å². The van der Waals surface area contributed by atoms with E-state index in [0.29, 0.717) is 0 Å². The molecule has 0 aromatic carbocycles. The van der Waals surface area contributed by atoms with Crippen molar-refractivity contribution in [1.29, 1.82) is 0 Å². The van der Waals surface area contributed by atoms with Crippen molar-refractivity contribution in [1.82, 2.24) is 4.98 Å². The minimum Gasteiger partial charge on any atom is -0.481 e. The fourth-order valence-electron chi connectivity index (χ4n) is 0.961. The quantitative estimate of drug-likeness (QED) is 0.772. The first-order chi connectivity index (χ1) is 6.50. The van der Waals surface area contributed by atoms with Gasteiger partial charge in [0.1, 0.15) is 0 Å². The molecule has 1 rings (SSSR count). The summed E-state index contributed by atoms with van der Waals surface area (Å²) < 4.78 is 24.4. The number of carboxylic acid groups (broad SMARTS) is 1. The zero-order valence-corrected chi connectivity index (χ0v) is 7.08. The summed E-state index contributed by atoms with van der Waals surface area (Å²) in [7, 11) is 0. The van der Waals surface area contributed by atoms with E-state index >= 15 is 0 Å². The van der Waals surface area contributed by atoms with Gasteiger partial charge in [-0.05, 0) is 6.07 Å². The van der Waals surface area contributed by atoms with Crippen molar-refractivity contribution in [2.75, 3.05) is 5.73 Å². The van der Waals surface area contributed by atoms with E-state index in [-0.39, 0.29) is 23.4 Å². The number of nitrogen functional groups attached to an aromatic ring is 1. The minimum atomic E-state index is -2.69. The Kier molecular flexibility index (Phi) is 2.95. The Hall–Kier alpha value is -1.72. The second-order valence-electron chi connectivity index (χ2n) is 2.68. The molecule has 0 fully saturated rings. The number of rotatable bonds is 3. The molecule has 14 heavy (non-hydrogen) atoms. The van der Waals surface area contributed by atoms with E-state index < -0.39 is 12.4 Å². The van der Waals surface area contributed by atoms with Crippen molar-refractivity contribution in [3.63, 3.8) is 0 Å². The lowest BCUT2D eigenvalue weighted by molar-refractivity contribution is -0.136. The van der Waals surface area contributed by atoms with E-state index in [4.69, 9.17) is 10.8 Å². The van der Waals surface area contributed by atoms with Crippen LogP contribution in [0, 0.1) is 0 Å². The number of carbonyl (C=O) groups is 1. The molecular weight excluding hydrogens is 194 g/mol. The Morgan fingerprint density at radius 2 is 2.29 bits per heavy atom. The summed E-state index contributed by atoms with van der Waals surface area (Å²) in [6.45, 7) is 0. The normalized spacial score (nSPS) is 10.5. The molecule has 0 aliphatic heterocycles. The fraction of sp³-hybridized carbons (Fsp3) is 0.250. The first-order valence-electron chi connectivity index (χ1n) is 3.75. The topological polar surface area (TPSA) is 76.2 Å². The molecular formula is C8H8F2N2O2. The monoisotopic (exact) mass is 202 g/mol. The molecule has 3 N–H and O–H groups in total. The van der Waals surface area contributed by atoms with E-state index in [1.54, 1.807) is 0 Å². The number of anilines is 1. The number of alkyl halides is 2. The highest BCUT2D eigenvalue weighted by atomic mass is 19.3. The smallest absolute Gasteiger partial charge is 0.309 e. The molecule has 0 atom stereocenters. The van der Waals surface area contributed by atoms with Crippen molar-refractivity contribution in [2.24, 2.45) is 0 Å². The summed E-state index contributed by atoms with van der Waals surface area (Å²) in [4.78, 5) is 13.8. The lowest BCUT2D eigenvalue weighted by Crippen LogP contribution is -2.05. The third kappa shape index (κ3) is 2.38. The molecule has 0 unspecified atom stereocenters. The number of halogens is 2. The number of hydrogen-bond acceptors (Lipinski definition) is 3. The van der Waals surface area contributed by atoms with Crippen LogP contribution in [0.2, 0.25) is 0 Å². The van der Waals surface area contributed by atoms with Gasteiger partial charge >= 0.3 is 5.97 Å². The summed E-state index contributed by atoms with van der Waals surface area (Å²) in [6, 6.07) is 1.15. The SMILES string of the molecule is Nc1cc(CC(=O)O)ncc1C(F)F. The average molecular weight is 202 g/mol. The maximum atomic E-state index is 12.2. The first-order valence-corrected chi connectivity index (χ1v) is 3.75. The van der Waals surface area contributed by atoms with Crippen LogP contribution in [-0.2, 0) is 11.2 Å². The summed E-state index contributed by atoms with van der Waals surface area (Å²) in [5.41, 5.74) is 4.94. The van der Waals surface area contributed by atoms with E-state index in [9.17, 15) is 13.6 Å². The summed E-state index contributed by atoms with van der Waals surface area (Å²) in [5, 5.41) is 8.41. The third-order valence-corrected chi connectivity index (χ3v) is 1.59. The van der Waals surface area contributed by atoms with Crippen LogP contribution in [0.3, 0.4) is 0 Å². The second kappa shape index (κ2) is 3.99. The standard InChI is InChI=1S/C8H8F2N2O2/c9-8(10)5-3-12-4(1-6(5)11)2-7(13)14/h1,3,8H,2H2,(H2,11,12)(H,13,14). The van der Waals surface area contributed by atoms with Gasteiger partial charge in [0.2, 0.25) is 0 Å². The molecule has 1 aromatic rings. The van der Waals surface area contributed by atoms with Crippen molar-refractivity contribution in [3.05, 3.63) is 23.5 Å². The average Bonchev–Trinajstić information content (AvgIpc) is 2.01. The van der Waals surface area contributed by atoms with Gasteiger partial charge in [-0.3, -0.25) is 9.78 Å². The predicted molar refractivity (Wildman–Crippen MR) is 44.9 cm³/mol. The fourth-order valence-corrected chi connectivity index (χ4v) is 0.961. The van der Waals surface area contributed by atoms with Gasteiger partial charge in [0.15, 0.2) is 0 Å². The third-order valence-electron chi connectivity index (χ3n) is 1.59. The van der Waals surface area contributed by atoms with Crippen molar-refractivity contribution in [2.45, 2.75) is 12.8 Å². The summed E-state index contributed by atoms with van der Waals surface area (Å²) in [5.74, 6) is -1.08. The molecule has 1 heterocycles. The van der Waals surface area contributed by atoms with Gasteiger partial charge in [-0.15, -0.1) is 0 Å². The predicted octanol–water partition coefficient (Wildman–Crippen LogP) is 1.23. The van der Waals surface area contributed by atoms with Gasteiger partial charge < -0.3 is 10.8 Å². The molecule has 0 aliphatic carbocycles. The Labute approximate surface area is 78.4 Å². The zero-order valence-electron chi connectivity index (χ0n) is 7.08. The van der Waals surface area contributed by atoms with Crippen molar-refractivity contribution in [3.8, 4) is 0 Å². The number of carboxylic acids is 1. The highest BCUT2D eigenvalue weighted by Gasteiger charge is 2.13. The van der Waals surface area contributed by atoms with E-state index in [1.807, 2.05) is 0 Å². The molecule has 0 aliphatic rings. The van der Waals surface area contributed by atoms with E-state index in [0.717, 1.165) is 12.3 Å². The van der Waals surface area contributed by atoms with Gasteiger partial charge in [-0.2, -0.15) is 0 Å². The van der Waals surface area contributed by atoms with Crippen LogP contribution in [0.15, 0.2) is 12.3 Å². The highest BCUT2D eigenvalue weighted by Crippen LogP contribution is 2.24. The number of nitrogens with zero attached hydrogens (tertiary/aromatic N) is 1. The van der Waals surface area contributed by atoms with Crippen LogP contribution < -0.4 is 5.73 Å². The second-order valence-corrected chi connectivity index (χ2v) is 2.68. The Bertz CT molecular complexity index is 355. The molecule has 0 saturated heterocycles. The lowest BCUT2D eigenvalue weighted by Gasteiger charge is -2.04. The van der Waals surface area contributed by atoms with Gasteiger partial charge in [0.05, 0.1) is 17.7 Å². The molecule has 76 valence electrons. The number of pyridine rings is 1. The molecule has 0 saturated carbocycles. The largest absolute Gasteiger partial charge is 0.481 e. The molecule has 6 heteroatoms. The Morgan fingerprint density at radius 3 is 2.71 bits per heavy atom. The number of aromatic nitrogens is 1. The van der Waals surface area contributed by atoms with Crippen LogP contribution in [0.1, 0.15) is 17.7 Å².